The van der Waals surface area contributed by atoms with Gasteiger partial charge in [-0.25, -0.2) is 4.68 Å². The van der Waals surface area contributed by atoms with Crippen LogP contribution in [-0.2, 0) is 6.54 Å². The molecule has 1 aromatic heterocycles. The Bertz CT molecular complexity index is 1030. The van der Waals surface area contributed by atoms with E-state index < -0.39 is 6.10 Å². The number of aliphatic hydroxyl groups excluding tert-OH is 1. The van der Waals surface area contributed by atoms with Crippen molar-refractivity contribution in [2.45, 2.75) is 46.3 Å². The summed E-state index contributed by atoms with van der Waals surface area (Å²) in [5, 5.41) is 15.4. The SMILES string of the molecule is C=CCC[C@H](O)CN(Cc1c(C)nn(-c2ccccc2)c1Oc1ccc(OC)cc1)CC(C)C. The maximum Gasteiger partial charge on any atom is 0.227 e. The molecule has 0 bridgehead atoms. The van der Waals surface area contributed by atoms with Gasteiger partial charge in [0.25, 0.3) is 0 Å². The molecule has 0 aliphatic rings. The predicted molar refractivity (Wildman–Crippen MR) is 137 cm³/mol. The second-order valence-electron chi connectivity index (χ2n) is 9.00. The fourth-order valence-electron chi connectivity index (χ4n) is 3.97. The fourth-order valence-corrected chi connectivity index (χ4v) is 3.97. The largest absolute Gasteiger partial charge is 0.497 e. The molecule has 1 atom stereocenters. The van der Waals surface area contributed by atoms with Crippen LogP contribution in [0.1, 0.15) is 37.9 Å². The van der Waals surface area contributed by atoms with Crippen molar-refractivity contribution in [3.05, 3.63) is 78.5 Å². The molecule has 6 nitrogen and oxygen atoms in total. The van der Waals surface area contributed by atoms with Gasteiger partial charge in [0.15, 0.2) is 0 Å². The minimum atomic E-state index is -0.410. The first kappa shape index (κ1) is 25.5. The number of aliphatic hydroxyl groups is 1. The van der Waals surface area contributed by atoms with Crippen molar-refractivity contribution in [3.63, 3.8) is 0 Å². The zero-order valence-electron chi connectivity index (χ0n) is 20.8. The Morgan fingerprint density at radius 3 is 2.35 bits per heavy atom. The van der Waals surface area contributed by atoms with Gasteiger partial charge in [-0.15, -0.1) is 6.58 Å². The number of ether oxygens (including phenoxy) is 2. The first-order chi connectivity index (χ1) is 16.4. The summed E-state index contributed by atoms with van der Waals surface area (Å²) in [7, 11) is 1.65. The number of para-hydroxylation sites is 1. The van der Waals surface area contributed by atoms with Crippen molar-refractivity contribution in [3.8, 4) is 23.1 Å². The monoisotopic (exact) mass is 463 g/mol. The molecule has 1 heterocycles. The number of benzene rings is 2. The Balaban J connectivity index is 1.96. The Kier molecular flexibility index (Phi) is 9.31. The number of hydrogen-bond acceptors (Lipinski definition) is 5. The average molecular weight is 464 g/mol. The summed E-state index contributed by atoms with van der Waals surface area (Å²) in [6.07, 6.45) is 2.95. The number of aromatic nitrogens is 2. The third-order valence-electron chi connectivity index (χ3n) is 5.59. The summed E-state index contributed by atoms with van der Waals surface area (Å²) < 4.78 is 13.6. The van der Waals surface area contributed by atoms with Crippen molar-refractivity contribution in [1.29, 1.82) is 0 Å². The van der Waals surface area contributed by atoms with Crippen LogP contribution in [0, 0.1) is 12.8 Å². The van der Waals surface area contributed by atoms with E-state index in [-0.39, 0.29) is 0 Å². The molecule has 3 aromatic rings. The molecule has 182 valence electrons. The Morgan fingerprint density at radius 2 is 1.74 bits per heavy atom. The van der Waals surface area contributed by atoms with Crippen LogP contribution < -0.4 is 9.47 Å². The topological polar surface area (TPSA) is 59.8 Å². The molecule has 0 aliphatic carbocycles. The summed E-state index contributed by atoms with van der Waals surface area (Å²) in [6, 6.07) is 17.5. The van der Waals surface area contributed by atoms with Gasteiger partial charge < -0.3 is 14.6 Å². The third-order valence-corrected chi connectivity index (χ3v) is 5.59. The molecule has 0 aliphatic heterocycles. The molecule has 0 saturated heterocycles. The Morgan fingerprint density at radius 1 is 1.06 bits per heavy atom. The van der Waals surface area contributed by atoms with Gasteiger partial charge in [-0.3, -0.25) is 4.90 Å². The summed E-state index contributed by atoms with van der Waals surface area (Å²) in [5.74, 6) is 2.63. The number of hydrogen-bond donors (Lipinski definition) is 1. The van der Waals surface area contributed by atoms with E-state index in [9.17, 15) is 5.11 Å². The zero-order valence-corrected chi connectivity index (χ0v) is 20.8. The van der Waals surface area contributed by atoms with Crippen LogP contribution in [0.5, 0.6) is 17.4 Å². The Hall–Kier alpha value is -3.09. The fraction of sp³-hybridized carbons (Fsp3) is 0.393. The second-order valence-corrected chi connectivity index (χ2v) is 9.00. The summed E-state index contributed by atoms with van der Waals surface area (Å²) in [6.45, 7) is 12.3. The van der Waals surface area contributed by atoms with E-state index in [4.69, 9.17) is 14.6 Å². The molecule has 1 N–H and O–H groups in total. The summed E-state index contributed by atoms with van der Waals surface area (Å²) >= 11 is 0. The zero-order chi connectivity index (χ0) is 24.5. The lowest BCUT2D eigenvalue weighted by Crippen LogP contribution is -2.35. The third kappa shape index (κ3) is 6.95. The molecule has 0 unspecified atom stereocenters. The van der Waals surface area contributed by atoms with Crippen LogP contribution in [0.3, 0.4) is 0 Å². The highest BCUT2D eigenvalue weighted by Crippen LogP contribution is 2.32. The molecule has 0 fully saturated rings. The lowest BCUT2D eigenvalue weighted by atomic mass is 10.1. The van der Waals surface area contributed by atoms with E-state index in [1.807, 2.05) is 72.3 Å². The predicted octanol–water partition coefficient (Wildman–Crippen LogP) is 5.77. The molecule has 0 radical (unpaired) electrons. The number of nitrogens with zero attached hydrogens (tertiary/aromatic N) is 3. The lowest BCUT2D eigenvalue weighted by Gasteiger charge is -2.27. The smallest absolute Gasteiger partial charge is 0.227 e. The molecule has 0 amide bonds. The first-order valence-electron chi connectivity index (χ1n) is 11.9. The number of methoxy groups -OCH3 is 1. The van der Waals surface area contributed by atoms with E-state index in [0.29, 0.717) is 37.1 Å². The minimum Gasteiger partial charge on any atom is -0.497 e. The molecule has 34 heavy (non-hydrogen) atoms. The lowest BCUT2D eigenvalue weighted by molar-refractivity contribution is 0.0952. The van der Waals surface area contributed by atoms with E-state index in [0.717, 1.165) is 35.7 Å². The van der Waals surface area contributed by atoms with Crippen molar-refractivity contribution < 1.29 is 14.6 Å². The molecule has 2 aromatic carbocycles. The van der Waals surface area contributed by atoms with Crippen molar-refractivity contribution in [2.75, 3.05) is 20.2 Å². The molecule has 0 spiro atoms. The van der Waals surface area contributed by atoms with Crippen molar-refractivity contribution in [1.82, 2.24) is 14.7 Å². The maximum atomic E-state index is 10.6. The highest BCUT2D eigenvalue weighted by atomic mass is 16.5. The average Bonchev–Trinajstić information content (AvgIpc) is 3.13. The minimum absolute atomic E-state index is 0.410. The maximum absolute atomic E-state index is 10.6. The highest BCUT2D eigenvalue weighted by Gasteiger charge is 2.23. The van der Waals surface area contributed by atoms with Crippen LogP contribution in [0.4, 0.5) is 0 Å². The van der Waals surface area contributed by atoms with E-state index >= 15 is 0 Å². The van der Waals surface area contributed by atoms with Gasteiger partial charge in [0.05, 0.1) is 30.2 Å². The van der Waals surface area contributed by atoms with Gasteiger partial charge in [0.2, 0.25) is 5.88 Å². The van der Waals surface area contributed by atoms with Crippen LogP contribution in [-0.4, -0.2) is 46.1 Å². The second kappa shape index (κ2) is 12.4. The van der Waals surface area contributed by atoms with Gasteiger partial charge in [-0.2, -0.15) is 5.10 Å². The van der Waals surface area contributed by atoms with E-state index in [2.05, 4.69) is 25.3 Å². The highest BCUT2D eigenvalue weighted by molar-refractivity contribution is 5.44. The molecule has 3 rings (SSSR count). The standard InChI is InChI=1S/C28H37N3O3/c1-6-7-13-24(32)19-30(18-21(2)3)20-27-22(4)29-31(23-11-9-8-10-12-23)28(27)34-26-16-14-25(33-5)15-17-26/h6,8-12,14-17,21,24,32H,1,7,13,18-20H2,2-5H3/t24-/m0/s1. The molecular formula is C28H37N3O3. The summed E-state index contributed by atoms with van der Waals surface area (Å²) in [5.41, 5.74) is 2.85. The van der Waals surface area contributed by atoms with Crippen LogP contribution >= 0.6 is 0 Å². The molecule has 6 heteroatoms. The normalized spacial score (nSPS) is 12.2. The van der Waals surface area contributed by atoms with Crippen molar-refractivity contribution >= 4 is 0 Å². The van der Waals surface area contributed by atoms with Crippen LogP contribution in [0.2, 0.25) is 0 Å². The van der Waals surface area contributed by atoms with Gasteiger partial charge >= 0.3 is 0 Å². The van der Waals surface area contributed by atoms with Gasteiger partial charge in [0, 0.05) is 19.6 Å². The summed E-state index contributed by atoms with van der Waals surface area (Å²) in [4.78, 5) is 2.29. The quantitative estimate of drug-likeness (QED) is 0.326. The number of aryl methyl sites for hydroxylation is 1. The van der Waals surface area contributed by atoms with Crippen molar-refractivity contribution in [2.24, 2.45) is 5.92 Å². The van der Waals surface area contributed by atoms with Crippen LogP contribution in [0.25, 0.3) is 5.69 Å². The van der Waals surface area contributed by atoms with E-state index in [1.165, 1.54) is 0 Å². The van der Waals surface area contributed by atoms with Gasteiger partial charge in [-0.05, 0) is 62.1 Å². The number of rotatable bonds is 13. The molecule has 0 saturated carbocycles. The van der Waals surface area contributed by atoms with E-state index in [1.54, 1.807) is 7.11 Å². The Labute approximate surface area is 203 Å². The van der Waals surface area contributed by atoms with Crippen LogP contribution in [0.15, 0.2) is 67.3 Å². The van der Waals surface area contributed by atoms with Gasteiger partial charge in [-0.1, -0.05) is 38.1 Å². The first-order valence-corrected chi connectivity index (χ1v) is 11.9. The van der Waals surface area contributed by atoms with Gasteiger partial charge in [0.1, 0.15) is 11.5 Å². The number of allylic oxidation sites excluding steroid dienone is 1. The molecular weight excluding hydrogens is 426 g/mol.